The first-order valence-electron chi connectivity index (χ1n) is 8.67. The monoisotopic (exact) mass is 369 g/mol. The standard InChI is InChI=1S/C19H23N5OS/c1-24(19(25)17-13-26-18(21-17)9-10-20)11-5-8-15-12-16(23-22-15)14-6-3-2-4-7-14/h2-4,6-7,12-13H,5,8-11,20H2,1H3,(H,22,23). The summed E-state index contributed by atoms with van der Waals surface area (Å²) >= 11 is 1.49. The number of H-pyrrole nitrogens is 1. The zero-order chi connectivity index (χ0) is 18.4. The van der Waals surface area contributed by atoms with E-state index in [9.17, 15) is 4.79 Å². The van der Waals surface area contributed by atoms with Gasteiger partial charge >= 0.3 is 0 Å². The summed E-state index contributed by atoms with van der Waals surface area (Å²) in [5, 5.41) is 10.2. The highest BCUT2D eigenvalue weighted by atomic mass is 32.1. The van der Waals surface area contributed by atoms with Crippen LogP contribution in [0.1, 0.15) is 27.6 Å². The largest absolute Gasteiger partial charge is 0.340 e. The molecule has 0 radical (unpaired) electrons. The molecule has 0 aliphatic carbocycles. The number of thiazole rings is 1. The minimum Gasteiger partial charge on any atom is -0.340 e. The highest BCUT2D eigenvalue weighted by molar-refractivity contribution is 7.09. The maximum absolute atomic E-state index is 12.4. The lowest BCUT2D eigenvalue weighted by atomic mass is 10.1. The van der Waals surface area contributed by atoms with E-state index in [0.29, 0.717) is 25.2 Å². The molecule has 2 aromatic heterocycles. The van der Waals surface area contributed by atoms with Crippen molar-refractivity contribution in [3.63, 3.8) is 0 Å². The second kappa shape index (κ2) is 8.73. The molecule has 0 saturated carbocycles. The highest BCUT2D eigenvalue weighted by Crippen LogP contribution is 2.17. The summed E-state index contributed by atoms with van der Waals surface area (Å²) in [5.74, 6) is -0.0425. The Kier molecular flexibility index (Phi) is 6.14. The number of hydrogen-bond donors (Lipinski definition) is 2. The Hall–Kier alpha value is -2.51. The van der Waals surface area contributed by atoms with Crippen molar-refractivity contribution < 1.29 is 4.79 Å². The number of aromatic nitrogens is 3. The third-order valence-corrected chi connectivity index (χ3v) is 5.02. The molecule has 3 N–H and O–H groups in total. The van der Waals surface area contributed by atoms with E-state index in [1.165, 1.54) is 11.3 Å². The van der Waals surface area contributed by atoms with Gasteiger partial charge in [-0.2, -0.15) is 5.10 Å². The number of nitrogens with two attached hydrogens (primary N) is 1. The number of carbonyl (C=O) groups is 1. The minimum absolute atomic E-state index is 0.0425. The number of nitrogens with zero attached hydrogens (tertiary/aromatic N) is 3. The molecule has 0 atom stereocenters. The molecule has 0 spiro atoms. The number of aromatic amines is 1. The van der Waals surface area contributed by atoms with Gasteiger partial charge in [-0.15, -0.1) is 11.3 Å². The molecule has 26 heavy (non-hydrogen) atoms. The Balaban J connectivity index is 1.49. The van der Waals surface area contributed by atoms with Crippen LogP contribution in [-0.4, -0.2) is 46.1 Å². The maximum Gasteiger partial charge on any atom is 0.273 e. The summed E-state index contributed by atoms with van der Waals surface area (Å²) in [6, 6.07) is 12.1. The molecule has 136 valence electrons. The summed E-state index contributed by atoms with van der Waals surface area (Å²) < 4.78 is 0. The van der Waals surface area contributed by atoms with Crippen molar-refractivity contribution in [2.24, 2.45) is 5.73 Å². The summed E-state index contributed by atoms with van der Waals surface area (Å²) in [6.07, 6.45) is 2.41. The van der Waals surface area contributed by atoms with Crippen molar-refractivity contribution in [1.82, 2.24) is 20.1 Å². The predicted octanol–water partition coefficient (Wildman–Crippen LogP) is 2.74. The summed E-state index contributed by atoms with van der Waals surface area (Å²) in [7, 11) is 1.81. The average molecular weight is 369 g/mol. The van der Waals surface area contributed by atoms with Crippen LogP contribution in [0.2, 0.25) is 0 Å². The van der Waals surface area contributed by atoms with E-state index >= 15 is 0 Å². The van der Waals surface area contributed by atoms with Gasteiger partial charge in [-0.25, -0.2) is 4.98 Å². The molecular weight excluding hydrogens is 346 g/mol. The third-order valence-electron chi connectivity index (χ3n) is 4.12. The fourth-order valence-corrected chi connectivity index (χ4v) is 3.49. The Morgan fingerprint density at radius 3 is 2.85 bits per heavy atom. The third kappa shape index (κ3) is 4.56. The molecule has 2 heterocycles. The zero-order valence-electron chi connectivity index (χ0n) is 14.8. The van der Waals surface area contributed by atoms with Crippen LogP contribution >= 0.6 is 11.3 Å². The number of carbonyl (C=O) groups excluding carboxylic acids is 1. The SMILES string of the molecule is CN(CCCc1cc(-c2ccccc2)n[nH]1)C(=O)c1csc(CCN)n1. The van der Waals surface area contributed by atoms with Crippen LogP contribution < -0.4 is 5.73 Å². The highest BCUT2D eigenvalue weighted by Gasteiger charge is 2.15. The molecule has 1 aromatic carbocycles. The molecule has 0 aliphatic rings. The van der Waals surface area contributed by atoms with Crippen molar-refractivity contribution in [2.75, 3.05) is 20.1 Å². The lowest BCUT2D eigenvalue weighted by molar-refractivity contribution is 0.0788. The van der Waals surface area contributed by atoms with Crippen molar-refractivity contribution >= 4 is 17.2 Å². The topological polar surface area (TPSA) is 87.9 Å². The molecular formula is C19H23N5OS. The van der Waals surface area contributed by atoms with Crippen molar-refractivity contribution in [2.45, 2.75) is 19.3 Å². The Labute approximate surface area is 157 Å². The fraction of sp³-hybridized carbons (Fsp3) is 0.316. The number of amides is 1. The van der Waals surface area contributed by atoms with E-state index in [4.69, 9.17) is 5.73 Å². The zero-order valence-corrected chi connectivity index (χ0v) is 15.6. The van der Waals surface area contributed by atoms with E-state index < -0.39 is 0 Å². The molecule has 0 fully saturated rings. The summed E-state index contributed by atoms with van der Waals surface area (Å²) in [6.45, 7) is 1.22. The van der Waals surface area contributed by atoms with Crippen molar-refractivity contribution in [1.29, 1.82) is 0 Å². The van der Waals surface area contributed by atoms with Gasteiger partial charge in [-0.05, 0) is 25.5 Å². The van der Waals surface area contributed by atoms with Crippen LogP contribution in [0.15, 0.2) is 41.8 Å². The van der Waals surface area contributed by atoms with Gasteiger partial charge in [0, 0.05) is 36.7 Å². The van der Waals surface area contributed by atoms with Gasteiger partial charge in [0.15, 0.2) is 0 Å². The van der Waals surface area contributed by atoms with Gasteiger partial charge in [0.1, 0.15) is 5.69 Å². The van der Waals surface area contributed by atoms with Gasteiger partial charge < -0.3 is 10.6 Å². The number of rotatable bonds is 8. The normalized spacial score (nSPS) is 10.8. The molecule has 1 amide bonds. The molecule has 3 rings (SSSR count). The first-order valence-corrected chi connectivity index (χ1v) is 9.55. The van der Waals surface area contributed by atoms with Gasteiger partial charge in [0.2, 0.25) is 0 Å². The van der Waals surface area contributed by atoms with Crippen LogP contribution in [0.3, 0.4) is 0 Å². The summed E-state index contributed by atoms with van der Waals surface area (Å²) in [5.41, 5.74) is 9.15. The smallest absolute Gasteiger partial charge is 0.273 e. The van der Waals surface area contributed by atoms with E-state index in [-0.39, 0.29) is 5.91 Å². The van der Waals surface area contributed by atoms with Crippen LogP contribution in [0, 0.1) is 0 Å². The molecule has 0 unspecified atom stereocenters. The second-order valence-electron chi connectivity index (χ2n) is 6.14. The van der Waals surface area contributed by atoms with Crippen molar-refractivity contribution in [3.05, 3.63) is 58.2 Å². The van der Waals surface area contributed by atoms with Gasteiger partial charge in [0.25, 0.3) is 5.91 Å². The van der Waals surface area contributed by atoms with E-state index in [0.717, 1.165) is 34.8 Å². The fourth-order valence-electron chi connectivity index (χ4n) is 2.70. The van der Waals surface area contributed by atoms with Gasteiger partial charge in [-0.1, -0.05) is 30.3 Å². The van der Waals surface area contributed by atoms with Crippen LogP contribution in [0.4, 0.5) is 0 Å². The van der Waals surface area contributed by atoms with E-state index in [1.807, 2.05) is 42.8 Å². The van der Waals surface area contributed by atoms with Crippen LogP contribution in [0.5, 0.6) is 0 Å². The second-order valence-corrected chi connectivity index (χ2v) is 7.08. The first kappa shape index (κ1) is 18.3. The van der Waals surface area contributed by atoms with E-state index in [1.54, 1.807) is 4.90 Å². The molecule has 3 aromatic rings. The number of hydrogen-bond acceptors (Lipinski definition) is 5. The Morgan fingerprint density at radius 1 is 1.27 bits per heavy atom. The van der Waals surface area contributed by atoms with Gasteiger partial charge in [-0.3, -0.25) is 9.89 Å². The van der Waals surface area contributed by atoms with Gasteiger partial charge in [0.05, 0.1) is 10.7 Å². The number of aryl methyl sites for hydroxylation is 1. The molecule has 0 aliphatic heterocycles. The molecule has 0 bridgehead atoms. The van der Waals surface area contributed by atoms with Crippen molar-refractivity contribution in [3.8, 4) is 11.3 Å². The molecule has 6 nitrogen and oxygen atoms in total. The van der Waals surface area contributed by atoms with Crippen LogP contribution in [-0.2, 0) is 12.8 Å². The lowest BCUT2D eigenvalue weighted by Crippen LogP contribution is -2.28. The molecule has 7 heteroatoms. The number of benzene rings is 1. The number of nitrogens with one attached hydrogen (secondary N) is 1. The minimum atomic E-state index is -0.0425. The summed E-state index contributed by atoms with van der Waals surface area (Å²) in [4.78, 5) is 18.5. The quantitative estimate of drug-likeness (QED) is 0.639. The van der Waals surface area contributed by atoms with E-state index in [2.05, 4.69) is 21.2 Å². The first-order chi connectivity index (χ1) is 12.7. The molecule has 0 saturated heterocycles. The Morgan fingerprint density at radius 2 is 2.08 bits per heavy atom. The maximum atomic E-state index is 12.4. The van der Waals surface area contributed by atoms with Crippen LogP contribution in [0.25, 0.3) is 11.3 Å². The lowest BCUT2D eigenvalue weighted by Gasteiger charge is -2.15. The Bertz CT molecular complexity index is 843. The average Bonchev–Trinajstić information content (AvgIpc) is 3.32. The predicted molar refractivity (Wildman–Crippen MR) is 104 cm³/mol.